The predicted molar refractivity (Wildman–Crippen MR) is 49.4 cm³/mol. The van der Waals surface area contributed by atoms with Crippen LogP contribution in [0.15, 0.2) is 0 Å². The van der Waals surface area contributed by atoms with Gasteiger partial charge in [-0.3, -0.25) is 4.57 Å². The average molecular weight is 226 g/mol. The van der Waals surface area contributed by atoms with E-state index in [2.05, 4.69) is 6.92 Å². The quantitative estimate of drug-likeness (QED) is 0.578. The molecule has 0 saturated carbocycles. The second kappa shape index (κ2) is 7.32. The zero-order chi connectivity index (χ0) is 8.91. The van der Waals surface area contributed by atoms with Crippen molar-refractivity contribution in [3.63, 3.8) is 0 Å². The van der Waals surface area contributed by atoms with Gasteiger partial charge in [0.2, 0.25) is 0 Å². The monoisotopic (exact) mass is 226 g/mol. The fraction of sp³-hybridized carbons (Fsp3) is 1.00. The molecule has 0 aliphatic carbocycles. The summed E-state index contributed by atoms with van der Waals surface area (Å²) in [6, 6.07) is 0. The van der Waals surface area contributed by atoms with Crippen molar-refractivity contribution < 1.29 is 31.2 Å². The van der Waals surface area contributed by atoms with Crippen molar-refractivity contribution in [3.05, 3.63) is 0 Å². The van der Waals surface area contributed by atoms with E-state index in [9.17, 15) is 4.57 Å². The van der Waals surface area contributed by atoms with Crippen LogP contribution >= 0.6 is 8.03 Å². The van der Waals surface area contributed by atoms with Crippen molar-refractivity contribution in [2.45, 2.75) is 51.6 Å². The average Bonchev–Trinajstić information content (AvgIpc) is 2.00. The van der Waals surface area contributed by atoms with Gasteiger partial charge < -0.3 is 4.89 Å². The Labute approximate surface area is 90.9 Å². The van der Waals surface area contributed by atoms with Crippen LogP contribution in [0.5, 0.6) is 0 Å². The van der Waals surface area contributed by atoms with Crippen LogP contribution in [-0.4, -0.2) is 10.0 Å². The summed E-state index contributed by atoms with van der Waals surface area (Å²) >= 11 is 0. The second-order valence-corrected chi connectivity index (χ2v) is 4.71. The number of rotatable bonds is 5. The van der Waals surface area contributed by atoms with Crippen LogP contribution < -0.4 is 0 Å². The minimum atomic E-state index is -2.35. The third-order valence-electron chi connectivity index (χ3n) is 2.54. The summed E-state index contributed by atoms with van der Waals surface area (Å²) < 4.78 is 11.1. The summed E-state index contributed by atoms with van der Waals surface area (Å²) in [5, 5.41) is -0.264. The first-order valence-electron chi connectivity index (χ1n) is 4.36. The molecule has 0 spiro atoms. The molecular formula is C8H19O2PTi. The zero-order valence-electron chi connectivity index (χ0n) is 8.18. The second-order valence-electron chi connectivity index (χ2n) is 3.04. The largest absolute Gasteiger partial charge is 0.346 e. The fourth-order valence-electron chi connectivity index (χ4n) is 1.49. The molecule has 0 saturated heterocycles. The van der Waals surface area contributed by atoms with Crippen molar-refractivity contribution in [3.8, 4) is 0 Å². The van der Waals surface area contributed by atoms with Gasteiger partial charge in [-0.2, -0.15) is 0 Å². The van der Waals surface area contributed by atoms with Crippen molar-refractivity contribution in [1.82, 2.24) is 0 Å². The molecule has 0 heterocycles. The summed E-state index contributed by atoms with van der Waals surface area (Å²) in [5.41, 5.74) is 0. The Balaban J connectivity index is 0. The molecule has 1 N–H and O–H groups in total. The molecule has 0 rings (SSSR count). The Morgan fingerprint density at radius 3 is 1.75 bits per heavy atom. The van der Waals surface area contributed by atoms with Gasteiger partial charge in [0.1, 0.15) is 0 Å². The van der Waals surface area contributed by atoms with E-state index in [-0.39, 0.29) is 26.9 Å². The van der Waals surface area contributed by atoms with E-state index in [4.69, 9.17) is 4.89 Å². The van der Waals surface area contributed by atoms with E-state index in [1.165, 1.54) is 0 Å². The first-order chi connectivity index (χ1) is 5.13. The van der Waals surface area contributed by atoms with E-state index in [0.29, 0.717) is 0 Å². The van der Waals surface area contributed by atoms with Gasteiger partial charge in [-0.1, -0.05) is 27.2 Å². The molecule has 0 aromatic carbocycles. The maximum Gasteiger partial charge on any atom is 0.195 e. The minimum Gasteiger partial charge on any atom is -0.346 e. The smallest absolute Gasteiger partial charge is 0.195 e. The van der Waals surface area contributed by atoms with Crippen LogP contribution in [0.4, 0.5) is 0 Å². The van der Waals surface area contributed by atoms with Crippen LogP contribution in [0.3, 0.4) is 0 Å². The maximum absolute atomic E-state index is 11.1. The Bertz CT molecular complexity index is 135. The summed E-state index contributed by atoms with van der Waals surface area (Å²) in [6.45, 7) is 6.06. The Morgan fingerprint density at radius 2 is 1.67 bits per heavy atom. The van der Waals surface area contributed by atoms with E-state index in [1.807, 2.05) is 13.8 Å². The van der Waals surface area contributed by atoms with E-state index >= 15 is 0 Å². The van der Waals surface area contributed by atoms with Gasteiger partial charge in [0.05, 0.1) is 0 Å². The molecule has 0 aromatic rings. The summed E-state index contributed by atoms with van der Waals surface area (Å²) in [4.78, 5) is 9.14. The van der Waals surface area contributed by atoms with Crippen molar-refractivity contribution in [2.24, 2.45) is 0 Å². The maximum atomic E-state index is 11.1. The SMILES string of the molecule is CCCC(CC)(CC)[PH](=O)O.[Ti]. The molecule has 0 aliphatic rings. The Kier molecular flexibility index (Phi) is 9.38. The van der Waals surface area contributed by atoms with Crippen molar-refractivity contribution in [1.29, 1.82) is 0 Å². The van der Waals surface area contributed by atoms with Crippen LogP contribution in [0, 0.1) is 0 Å². The normalized spacial score (nSPS) is 13.7. The molecule has 0 bridgehead atoms. The molecule has 0 amide bonds. The molecule has 0 radical (unpaired) electrons. The molecule has 0 aromatic heterocycles. The van der Waals surface area contributed by atoms with Gasteiger partial charge in [-0.25, -0.2) is 0 Å². The van der Waals surface area contributed by atoms with Gasteiger partial charge >= 0.3 is 0 Å². The topological polar surface area (TPSA) is 37.3 Å². The molecule has 1 atom stereocenters. The first-order valence-corrected chi connectivity index (χ1v) is 5.72. The van der Waals surface area contributed by atoms with Crippen LogP contribution in [0.1, 0.15) is 46.5 Å². The molecule has 2 nitrogen and oxygen atoms in total. The van der Waals surface area contributed by atoms with E-state index in [0.717, 1.165) is 25.7 Å². The van der Waals surface area contributed by atoms with Gasteiger partial charge in [0.25, 0.3) is 0 Å². The van der Waals surface area contributed by atoms with Gasteiger partial charge in [0, 0.05) is 26.9 Å². The van der Waals surface area contributed by atoms with Crippen LogP contribution in [0.25, 0.3) is 0 Å². The molecule has 4 heteroatoms. The standard InChI is InChI=1S/C8H19O2P.Ti/c1-4-7-8(5-2,6-3)11(9)10;/h11H,4-7H2,1-3H3,(H,9,10);. The molecule has 0 fully saturated rings. The third kappa shape index (κ3) is 3.74. The Morgan fingerprint density at radius 1 is 1.25 bits per heavy atom. The third-order valence-corrected chi connectivity index (χ3v) is 4.40. The number of hydrogen-bond donors (Lipinski definition) is 1. The predicted octanol–water partition coefficient (Wildman–Crippen LogP) is 2.81. The molecule has 72 valence electrons. The molecular weight excluding hydrogens is 207 g/mol. The van der Waals surface area contributed by atoms with Gasteiger partial charge in [0.15, 0.2) is 8.03 Å². The van der Waals surface area contributed by atoms with Gasteiger partial charge in [-0.05, 0) is 19.3 Å². The molecule has 1 unspecified atom stereocenters. The number of hydrogen-bond acceptors (Lipinski definition) is 1. The summed E-state index contributed by atoms with van der Waals surface area (Å²) in [7, 11) is -2.35. The van der Waals surface area contributed by atoms with E-state index in [1.54, 1.807) is 0 Å². The van der Waals surface area contributed by atoms with E-state index < -0.39 is 8.03 Å². The first kappa shape index (κ1) is 15.4. The van der Waals surface area contributed by atoms with Crippen molar-refractivity contribution >= 4 is 8.03 Å². The van der Waals surface area contributed by atoms with Crippen molar-refractivity contribution in [2.75, 3.05) is 0 Å². The van der Waals surface area contributed by atoms with Crippen LogP contribution in [0.2, 0.25) is 0 Å². The molecule has 0 aliphatic heterocycles. The Hall–Kier alpha value is 0.904. The van der Waals surface area contributed by atoms with Crippen LogP contribution in [-0.2, 0) is 26.3 Å². The minimum absolute atomic E-state index is 0. The molecule has 12 heavy (non-hydrogen) atoms. The van der Waals surface area contributed by atoms with Gasteiger partial charge in [-0.15, -0.1) is 0 Å². The zero-order valence-corrected chi connectivity index (χ0v) is 10.7. The fourth-order valence-corrected chi connectivity index (χ4v) is 2.56. The summed E-state index contributed by atoms with van der Waals surface area (Å²) in [6.07, 6.45) is 3.53. The summed E-state index contributed by atoms with van der Waals surface area (Å²) in [5.74, 6) is 0.